The maximum atomic E-state index is 12.3. The summed E-state index contributed by atoms with van der Waals surface area (Å²) in [5.74, 6) is 1.04. The summed E-state index contributed by atoms with van der Waals surface area (Å²) in [5, 5.41) is 7.00. The Morgan fingerprint density at radius 3 is 2.52 bits per heavy atom. The van der Waals surface area contributed by atoms with Gasteiger partial charge in [-0.05, 0) is 29.7 Å². The second kappa shape index (κ2) is 6.43. The Labute approximate surface area is 124 Å². The lowest BCUT2D eigenvalue weighted by Gasteiger charge is -2.16. The fourth-order valence-electron chi connectivity index (χ4n) is 2.01. The fourth-order valence-corrected chi connectivity index (χ4v) is 2.01. The van der Waals surface area contributed by atoms with Crippen molar-refractivity contribution >= 4 is 5.91 Å². The first-order valence-corrected chi connectivity index (χ1v) is 6.95. The van der Waals surface area contributed by atoms with Gasteiger partial charge in [-0.3, -0.25) is 9.89 Å². The number of carbonyl (C=O) groups excluding carboxylic acids is 1. The van der Waals surface area contributed by atoms with Crippen molar-refractivity contribution in [2.75, 3.05) is 14.2 Å². The van der Waals surface area contributed by atoms with Crippen LogP contribution >= 0.6 is 0 Å². The van der Waals surface area contributed by atoms with Crippen LogP contribution in [0, 0.1) is 0 Å². The molecule has 0 aliphatic heterocycles. The van der Waals surface area contributed by atoms with Gasteiger partial charge >= 0.3 is 0 Å². The van der Waals surface area contributed by atoms with Gasteiger partial charge in [0.25, 0.3) is 5.91 Å². The number of H-pyrrole nitrogens is 1. The number of ether oxygens (including phenoxy) is 1. The van der Waals surface area contributed by atoms with E-state index in [1.807, 2.05) is 30.3 Å². The average Bonchev–Trinajstić information content (AvgIpc) is 2.97. The van der Waals surface area contributed by atoms with E-state index in [1.165, 1.54) is 0 Å². The highest BCUT2D eigenvalue weighted by atomic mass is 16.5. The maximum absolute atomic E-state index is 12.3. The quantitative estimate of drug-likeness (QED) is 0.920. The Bertz CT molecular complexity index is 602. The van der Waals surface area contributed by atoms with Gasteiger partial charge in [0.2, 0.25) is 0 Å². The van der Waals surface area contributed by atoms with Crippen molar-refractivity contribution in [1.29, 1.82) is 0 Å². The number of aromatic nitrogens is 2. The predicted molar refractivity (Wildman–Crippen MR) is 81.5 cm³/mol. The van der Waals surface area contributed by atoms with Gasteiger partial charge in [-0.25, -0.2) is 0 Å². The highest BCUT2D eigenvalue weighted by Gasteiger charge is 2.16. The number of nitrogens with zero attached hydrogens (tertiary/aromatic N) is 2. The number of nitrogens with one attached hydrogen (secondary N) is 1. The Balaban J connectivity index is 2.04. The van der Waals surface area contributed by atoms with Crippen molar-refractivity contribution in [1.82, 2.24) is 15.1 Å². The molecule has 5 nitrogen and oxygen atoms in total. The minimum absolute atomic E-state index is 0.0889. The minimum atomic E-state index is -0.0889. The van der Waals surface area contributed by atoms with Crippen LogP contribution in [0.3, 0.4) is 0 Å². The zero-order valence-corrected chi connectivity index (χ0v) is 12.9. The molecule has 0 radical (unpaired) electrons. The summed E-state index contributed by atoms with van der Waals surface area (Å²) in [6.07, 6.45) is 0. The van der Waals surface area contributed by atoms with E-state index < -0.39 is 0 Å². The Morgan fingerprint density at radius 1 is 1.33 bits per heavy atom. The van der Waals surface area contributed by atoms with Crippen LogP contribution in [0.1, 0.15) is 41.5 Å². The van der Waals surface area contributed by atoms with Gasteiger partial charge in [-0.2, -0.15) is 5.10 Å². The zero-order chi connectivity index (χ0) is 15.4. The van der Waals surface area contributed by atoms with Crippen LogP contribution in [0.4, 0.5) is 0 Å². The van der Waals surface area contributed by atoms with Crippen LogP contribution < -0.4 is 4.74 Å². The van der Waals surface area contributed by atoms with Gasteiger partial charge in [0.05, 0.1) is 7.11 Å². The summed E-state index contributed by atoms with van der Waals surface area (Å²) in [4.78, 5) is 14.0. The molecule has 0 saturated carbocycles. The molecule has 0 fully saturated rings. The molecular weight excluding hydrogens is 266 g/mol. The van der Waals surface area contributed by atoms with Crippen molar-refractivity contribution in [3.8, 4) is 5.75 Å². The largest absolute Gasteiger partial charge is 0.497 e. The molecule has 0 spiro atoms. The molecule has 1 amide bonds. The van der Waals surface area contributed by atoms with Gasteiger partial charge < -0.3 is 9.64 Å². The third-order valence-electron chi connectivity index (χ3n) is 3.36. The van der Waals surface area contributed by atoms with Crippen LogP contribution in [0.15, 0.2) is 30.3 Å². The molecule has 1 heterocycles. The Morgan fingerprint density at radius 2 is 2.00 bits per heavy atom. The maximum Gasteiger partial charge on any atom is 0.274 e. The van der Waals surface area contributed by atoms with Gasteiger partial charge in [-0.15, -0.1) is 0 Å². The predicted octanol–water partition coefficient (Wildman–Crippen LogP) is 2.81. The first-order chi connectivity index (χ1) is 10.0. The van der Waals surface area contributed by atoms with Gasteiger partial charge in [0.1, 0.15) is 11.4 Å². The topological polar surface area (TPSA) is 58.2 Å². The fraction of sp³-hybridized carbons (Fsp3) is 0.375. The molecule has 2 aromatic rings. The molecule has 112 valence electrons. The van der Waals surface area contributed by atoms with E-state index in [0.29, 0.717) is 18.2 Å². The van der Waals surface area contributed by atoms with Crippen molar-refractivity contribution in [3.63, 3.8) is 0 Å². The van der Waals surface area contributed by atoms with Gasteiger partial charge in [0.15, 0.2) is 0 Å². The first kappa shape index (κ1) is 15.1. The van der Waals surface area contributed by atoms with E-state index in [4.69, 9.17) is 4.74 Å². The monoisotopic (exact) mass is 287 g/mol. The molecule has 0 atom stereocenters. The van der Waals surface area contributed by atoms with E-state index in [2.05, 4.69) is 24.0 Å². The molecule has 1 aromatic heterocycles. The van der Waals surface area contributed by atoms with Gasteiger partial charge in [0, 0.05) is 19.3 Å². The highest BCUT2D eigenvalue weighted by molar-refractivity contribution is 5.92. The number of aromatic amines is 1. The van der Waals surface area contributed by atoms with Crippen LogP contribution in [0.25, 0.3) is 0 Å². The lowest BCUT2D eigenvalue weighted by Crippen LogP contribution is -2.26. The van der Waals surface area contributed by atoms with Crippen molar-refractivity contribution in [2.24, 2.45) is 0 Å². The van der Waals surface area contributed by atoms with E-state index in [9.17, 15) is 4.79 Å². The summed E-state index contributed by atoms with van der Waals surface area (Å²) >= 11 is 0. The Hall–Kier alpha value is -2.30. The second-order valence-corrected chi connectivity index (χ2v) is 5.37. The number of hydrogen-bond donors (Lipinski definition) is 1. The number of amides is 1. The van der Waals surface area contributed by atoms with E-state index in [-0.39, 0.29) is 5.91 Å². The Kier molecular flexibility index (Phi) is 4.62. The SMILES string of the molecule is COc1ccc(CN(C)C(=O)c2cc(C(C)C)[nH]n2)cc1. The number of rotatable bonds is 5. The molecule has 0 unspecified atom stereocenters. The van der Waals surface area contributed by atoms with Crippen molar-refractivity contribution in [2.45, 2.75) is 26.3 Å². The van der Waals surface area contributed by atoms with Crippen LogP contribution in [-0.4, -0.2) is 35.2 Å². The second-order valence-electron chi connectivity index (χ2n) is 5.37. The molecule has 0 aliphatic carbocycles. The molecule has 0 aliphatic rings. The smallest absolute Gasteiger partial charge is 0.274 e. The normalized spacial score (nSPS) is 10.7. The number of benzene rings is 1. The van der Waals surface area contributed by atoms with Crippen molar-refractivity contribution in [3.05, 3.63) is 47.3 Å². The first-order valence-electron chi connectivity index (χ1n) is 6.95. The lowest BCUT2D eigenvalue weighted by atomic mass is 10.1. The third kappa shape index (κ3) is 3.62. The average molecular weight is 287 g/mol. The molecule has 2 rings (SSSR count). The molecule has 21 heavy (non-hydrogen) atoms. The van der Waals surface area contributed by atoms with E-state index in [0.717, 1.165) is 17.0 Å². The molecule has 0 bridgehead atoms. The summed E-state index contributed by atoms with van der Waals surface area (Å²) < 4.78 is 5.12. The molecule has 5 heteroatoms. The van der Waals surface area contributed by atoms with Crippen LogP contribution in [0.5, 0.6) is 5.75 Å². The summed E-state index contributed by atoms with van der Waals surface area (Å²) in [7, 11) is 3.41. The molecular formula is C16H21N3O2. The molecule has 1 N–H and O–H groups in total. The standard InChI is InChI=1S/C16H21N3O2/c1-11(2)14-9-15(18-17-14)16(20)19(3)10-12-5-7-13(21-4)8-6-12/h5-9,11H,10H2,1-4H3,(H,17,18). The van der Waals surface area contributed by atoms with Crippen LogP contribution in [-0.2, 0) is 6.54 Å². The third-order valence-corrected chi connectivity index (χ3v) is 3.36. The van der Waals surface area contributed by atoms with Crippen molar-refractivity contribution < 1.29 is 9.53 Å². The van der Waals surface area contributed by atoms with Gasteiger partial charge in [-0.1, -0.05) is 26.0 Å². The highest BCUT2D eigenvalue weighted by Crippen LogP contribution is 2.15. The summed E-state index contributed by atoms with van der Waals surface area (Å²) in [6, 6.07) is 9.50. The molecule has 0 saturated heterocycles. The number of hydrogen-bond acceptors (Lipinski definition) is 3. The van der Waals surface area contributed by atoms with E-state index >= 15 is 0 Å². The molecule has 1 aromatic carbocycles. The number of methoxy groups -OCH3 is 1. The summed E-state index contributed by atoms with van der Waals surface area (Å²) in [5.41, 5.74) is 2.47. The lowest BCUT2D eigenvalue weighted by molar-refractivity contribution is 0.0779. The van der Waals surface area contributed by atoms with Crippen LogP contribution in [0.2, 0.25) is 0 Å². The minimum Gasteiger partial charge on any atom is -0.497 e. The van der Waals surface area contributed by atoms with E-state index in [1.54, 1.807) is 19.1 Å². The number of carbonyl (C=O) groups is 1. The summed E-state index contributed by atoms with van der Waals surface area (Å²) in [6.45, 7) is 4.65. The zero-order valence-electron chi connectivity index (χ0n) is 12.9.